The number of amides is 2. The van der Waals surface area contributed by atoms with Crippen LogP contribution in [0.3, 0.4) is 0 Å². The van der Waals surface area contributed by atoms with Gasteiger partial charge in [0.05, 0.1) is 12.1 Å². The van der Waals surface area contributed by atoms with Crippen molar-refractivity contribution < 1.29 is 20.8 Å². The lowest BCUT2D eigenvalue weighted by Gasteiger charge is -2.13. The van der Waals surface area contributed by atoms with Gasteiger partial charge in [0.1, 0.15) is 5.69 Å². The number of alkyl halides is 2. The summed E-state index contributed by atoms with van der Waals surface area (Å²) >= 11 is 0. The van der Waals surface area contributed by atoms with E-state index in [2.05, 4.69) is 21.3 Å². The largest absolute Gasteiger partial charge is 0.334 e. The second-order valence-corrected chi connectivity index (χ2v) is 4.43. The molecule has 1 aliphatic carbocycles. The van der Waals surface area contributed by atoms with Crippen molar-refractivity contribution in [2.75, 3.05) is 0 Å². The second-order valence-electron chi connectivity index (χ2n) is 4.43. The zero-order chi connectivity index (χ0) is 14.8. The van der Waals surface area contributed by atoms with E-state index in [1.807, 2.05) is 0 Å². The number of hydrogen-bond acceptors (Lipinski definition) is 2. The van der Waals surface area contributed by atoms with Crippen LogP contribution in [0.15, 0.2) is 35.6 Å². The maximum absolute atomic E-state index is 13.1. The number of halogens is 3. The topological polar surface area (TPSA) is 54.0 Å². The highest BCUT2D eigenvalue weighted by Gasteiger charge is 2.26. The number of nitrogens with zero attached hydrogens (tertiary/aromatic N) is 1. The van der Waals surface area contributed by atoms with Crippen molar-refractivity contribution in [2.24, 2.45) is 0 Å². The van der Waals surface area contributed by atoms with E-state index >= 15 is 0 Å². The van der Waals surface area contributed by atoms with Crippen LogP contribution in [0.25, 0.3) is 0 Å². The summed E-state index contributed by atoms with van der Waals surface area (Å²) in [5, 5.41) is 4.87. The van der Waals surface area contributed by atoms with Gasteiger partial charge in [0.25, 0.3) is 5.92 Å². The van der Waals surface area contributed by atoms with E-state index in [-0.39, 0.29) is 21.5 Å². The fraction of sp³-hybridized carbons (Fsp3) is 0.308. The normalized spacial score (nSPS) is 14.0. The van der Waals surface area contributed by atoms with E-state index < -0.39 is 17.8 Å². The molecule has 2 rings (SSSR count). The van der Waals surface area contributed by atoms with Crippen LogP contribution in [-0.2, 0) is 12.5 Å². The van der Waals surface area contributed by atoms with Gasteiger partial charge in [0, 0.05) is 22.5 Å². The Balaban J connectivity index is 0.00000220. The fourth-order valence-electron chi connectivity index (χ4n) is 1.56. The van der Waals surface area contributed by atoms with Crippen molar-refractivity contribution in [1.29, 1.82) is 0 Å². The molecule has 0 atom stereocenters. The lowest BCUT2D eigenvalue weighted by Crippen LogP contribution is -2.35. The van der Waals surface area contributed by atoms with E-state index in [9.17, 15) is 18.0 Å². The van der Waals surface area contributed by atoms with Crippen LogP contribution in [0.2, 0.25) is 0 Å². The van der Waals surface area contributed by atoms with E-state index in [1.165, 1.54) is 18.3 Å². The highest BCUT2D eigenvalue weighted by Crippen LogP contribution is 2.25. The summed E-state index contributed by atoms with van der Waals surface area (Å²) in [5.41, 5.74) is 2.78. The van der Waals surface area contributed by atoms with Gasteiger partial charge >= 0.3 is 6.03 Å². The third kappa shape index (κ3) is 3.61. The molecule has 4 nitrogen and oxygen atoms in total. The molecular weight excluding hydrogens is 271 g/mol. The molecule has 20 heavy (non-hydrogen) atoms. The van der Waals surface area contributed by atoms with Gasteiger partial charge in [-0.3, -0.25) is 4.98 Å². The summed E-state index contributed by atoms with van der Waals surface area (Å²) in [7, 11) is 0. The van der Waals surface area contributed by atoms with Crippen molar-refractivity contribution in [3.05, 3.63) is 46.8 Å². The number of pyridine rings is 1. The summed E-state index contributed by atoms with van der Waals surface area (Å²) in [6, 6.07) is 2.21. The van der Waals surface area contributed by atoms with E-state index in [1.54, 1.807) is 0 Å². The number of hydrogen-bond donors (Lipinski definition) is 2. The molecule has 1 heterocycles. The predicted octanol–water partition coefficient (Wildman–Crippen LogP) is 3.22. The molecule has 0 unspecified atom stereocenters. The predicted molar refractivity (Wildman–Crippen MR) is 69.7 cm³/mol. The van der Waals surface area contributed by atoms with Gasteiger partial charge in [0.15, 0.2) is 5.83 Å². The molecule has 7 heteroatoms. The van der Waals surface area contributed by atoms with Crippen molar-refractivity contribution in [3.63, 3.8) is 0 Å². The Kier molecular flexibility index (Phi) is 3.81. The molecular formula is C13H16F3N3O. The SMILES string of the molecule is CC(F)(F)c1cc(CNC(=O)NC2=C=C(F)C2)ccn1.[HH].[HH]. The molecule has 0 saturated carbocycles. The highest BCUT2D eigenvalue weighted by atomic mass is 19.3. The summed E-state index contributed by atoms with van der Waals surface area (Å²) in [6.45, 7) is 0.820. The molecule has 0 fully saturated rings. The minimum Gasteiger partial charge on any atom is -0.334 e. The molecule has 2 N–H and O–H groups in total. The average Bonchev–Trinajstić information content (AvgIpc) is 2.34. The molecule has 1 aromatic rings. The zero-order valence-electron chi connectivity index (χ0n) is 10.6. The molecule has 0 aliphatic heterocycles. The lowest BCUT2D eigenvalue weighted by atomic mass is 10.1. The maximum atomic E-state index is 13.1. The first-order valence-corrected chi connectivity index (χ1v) is 5.87. The van der Waals surface area contributed by atoms with Crippen molar-refractivity contribution in [2.45, 2.75) is 25.8 Å². The molecule has 0 aromatic carbocycles. The summed E-state index contributed by atoms with van der Waals surface area (Å²) in [5.74, 6) is -3.44. The first kappa shape index (κ1) is 14.1. The maximum Gasteiger partial charge on any atom is 0.319 e. The minimum atomic E-state index is -3.03. The van der Waals surface area contributed by atoms with Crippen molar-refractivity contribution in [3.8, 4) is 0 Å². The molecule has 0 radical (unpaired) electrons. The smallest absolute Gasteiger partial charge is 0.319 e. The number of nitrogens with one attached hydrogen (secondary N) is 2. The third-order valence-corrected chi connectivity index (χ3v) is 2.61. The van der Waals surface area contributed by atoms with Gasteiger partial charge < -0.3 is 10.6 Å². The molecule has 1 aromatic heterocycles. The highest BCUT2D eigenvalue weighted by molar-refractivity contribution is 5.76. The molecule has 0 bridgehead atoms. The summed E-state index contributed by atoms with van der Waals surface area (Å²) < 4.78 is 38.5. The van der Waals surface area contributed by atoms with Gasteiger partial charge in [-0.15, -0.1) is 0 Å². The molecule has 1 aliphatic rings. The van der Waals surface area contributed by atoms with Crippen molar-refractivity contribution in [1.82, 2.24) is 15.6 Å². The molecule has 2 amide bonds. The number of rotatable bonds is 4. The van der Waals surface area contributed by atoms with E-state index in [4.69, 9.17) is 0 Å². The fourth-order valence-corrected chi connectivity index (χ4v) is 1.56. The monoisotopic (exact) mass is 287 g/mol. The Morgan fingerprint density at radius 1 is 1.60 bits per heavy atom. The molecule has 0 saturated heterocycles. The number of carbonyl (C=O) groups excluding carboxylic acids is 1. The van der Waals surface area contributed by atoms with Gasteiger partial charge in [-0.1, -0.05) is 5.73 Å². The van der Waals surface area contributed by atoms with Gasteiger partial charge in [-0.25, -0.2) is 9.18 Å². The van der Waals surface area contributed by atoms with Gasteiger partial charge in [0.2, 0.25) is 0 Å². The van der Waals surface area contributed by atoms with Crippen LogP contribution >= 0.6 is 0 Å². The van der Waals surface area contributed by atoms with Gasteiger partial charge in [-0.05, 0) is 17.7 Å². The zero-order valence-corrected chi connectivity index (χ0v) is 10.6. The lowest BCUT2D eigenvalue weighted by molar-refractivity contribution is 0.0127. The van der Waals surface area contributed by atoms with Crippen LogP contribution in [0, 0.1) is 0 Å². The first-order valence-electron chi connectivity index (χ1n) is 5.87. The Hall–Kier alpha value is -2.27. The van der Waals surface area contributed by atoms with Crippen molar-refractivity contribution >= 4 is 6.03 Å². The number of carbonyl (C=O) groups is 1. The Morgan fingerprint density at radius 2 is 2.30 bits per heavy atom. The first-order chi connectivity index (χ1) is 9.34. The second kappa shape index (κ2) is 5.38. The number of urea groups is 1. The van der Waals surface area contributed by atoms with Crippen LogP contribution in [0.1, 0.15) is 27.5 Å². The van der Waals surface area contributed by atoms with Gasteiger partial charge in [-0.2, -0.15) is 8.78 Å². The standard InChI is InChI=1S/C13H12F3N3O.2H2/c1-13(15,16)11-4-8(2-3-17-11)7-18-12(20)19-10-5-9(14)6-10;;/h2-4H,5,7H2,1H3,(H2,18,19,20);2*1H. The molecule has 110 valence electrons. The summed E-state index contributed by atoms with van der Waals surface area (Å²) in [4.78, 5) is 15.0. The summed E-state index contributed by atoms with van der Waals surface area (Å²) in [6.07, 6.45) is 1.31. The van der Waals surface area contributed by atoms with E-state index in [0.717, 1.165) is 6.92 Å². The third-order valence-electron chi connectivity index (χ3n) is 2.61. The van der Waals surface area contributed by atoms with Crippen LogP contribution in [-0.4, -0.2) is 11.0 Å². The van der Waals surface area contributed by atoms with Crippen LogP contribution in [0.4, 0.5) is 18.0 Å². The average molecular weight is 287 g/mol. The Bertz CT molecular complexity index is 611. The quantitative estimate of drug-likeness (QED) is 0.835. The Labute approximate surface area is 116 Å². The number of aromatic nitrogens is 1. The minimum absolute atomic E-state index is 0. The van der Waals surface area contributed by atoms with Crippen LogP contribution < -0.4 is 10.6 Å². The van der Waals surface area contributed by atoms with Crippen LogP contribution in [0.5, 0.6) is 0 Å². The molecule has 0 spiro atoms. The van der Waals surface area contributed by atoms with E-state index in [0.29, 0.717) is 11.3 Å². The Morgan fingerprint density at radius 3 is 2.90 bits per heavy atom.